The van der Waals surface area contributed by atoms with Crippen LogP contribution in [0.5, 0.6) is 5.75 Å². The summed E-state index contributed by atoms with van der Waals surface area (Å²) >= 11 is 0. The van der Waals surface area contributed by atoms with Crippen molar-refractivity contribution in [3.63, 3.8) is 0 Å². The quantitative estimate of drug-likeness (QED) is 0.335. The Hall–Kier alpha value is -2.28. The molecule has 0 saturated carbocycles. The molecule has 7 nitrogen and oxygen atoms in total. The molecule has 1 heterocycles. The van der Waals surface area contributed by atoms with Crippen molar-refractivity contribution in [3.8, 4) is 5.75 Å². The number of likely N-dealkylation sites (tertiary alicyclic amines) is 1. The first-order chi connectivity index (χ1) is 14.0. The molecule has 0 radical (unpaired) electrons. The molecule has 7 heteroatoms. The van der Waals surface area contributed by atoms with Gasteiger partial charge in [0.25, 0.3) is 0 Å². The molecule has 0 aromatic heterocycles. The van der Waals surface area contributed by atoms with Gasteiger partial charge in [-0.25, -0.2) is 0 Å². The largest absolute Gasteiger partial charge is 0.497 e. The Morgan fingerprint density at radius 1 is 1.07 bits per heavy atom. The Balaban J connectivity index is 1.92. The van der Waals surface area contributed by atoms with Crippen LogP contribution in [0.1, 0.15) is 44.7 Å². The lowest BCUT2D eigenvalue weighted by molar-refractivity contribution is -0.123. The average Bonchev–Trinajstić information content (AvgIpc) is 2.76. The van der Waals surface area contributed by atoms with Crippen molar-refractivity contribution in [3.05, 3.63) is 29.8 Å². The van der Waals surface area contributed by atoms with Crippen LogP contribution in [-0.2, 0) is 4.79 Å². The van der Waals surface area contributed by atoms with Crippen LogP contribution < -0.4 is 20.7 Å². The van der Waals surface area contributed by atoms with E-state index < -0.39 is 0 Å². The molecule has 29 heavy (non-hydrogen) atoms. The zero-order valence-electron chi connectivity index (χ0n) is 18.3. The number of ether oxygens (including phenoxy) is 1. The number of amides is 1. The summed E-state index contributed by atoms with van der Waals surface area (Å²) in [6.45, 7) is 7.99. The van der Waals surface area contributed by atoms with E-state index in [0.29, 0.717) is 13.1 Å². The normalized spacial score (nSPS) is 16.4. The Labute approximate surface area is 175 Å². The summed E-state index contributed by atoms with van der Waals surface area (Å²) in [5, 5.41) is 9.65. The predicted molar refractivity (Wildman–Crippen MR) is 118 cm³/mol. The van der Waals surface area contributed by atoms with E-state index in [9.17, 15) is 4.79 Å². The molecular formula is C22H37N5O2. The second kappa shape index (κ2) is 12.3. The van der Waals surface area contributed by atoms with E-state index in [1.54, 1.807) is 14.2 Å². The van der Waals surface area contributed by atoms with E-state index in [0.717, 1.165) is 31.3 Å². The number of benzene rings is 1. The highest BCUT2D eigenvalue weighted by Gasteiger charge is 2.22. The van der Waals surface area contributed by atoms with Crippen LogP contribution in [0.4, 0.5) is 0 Å². The third-order valence-corrected chi connectivity index (χ3v) is 5.26. The molecule has 1 fully saturated rings. The fourth-order valence-electron chi connectivity index (χ4n) is 3.50. The van der Waals surface area contributed by atoms with Gasteiger partial charge < -0.3 is 20.7 Å². The summed E-state index contributed by atoms with van der Waals surface area (Å²) in [6.07, 6.45) is 3.80. The summed E-state index contributed by atoms with van der Waals surface area (Å²) in [6, 6.07) is 8.63. The maximum absolute atomic E-state index is 11.7. The molecule has 1 aliphatic rings. The second-order valence-electron chi connectivity index (χ2n) is 7.71. The van der Waals surface area contributed by atoms with Crippen molar-refractivity contribution in [2.24, 2.45) is 10.9 Å². The van der Waals surface area contributed by atoms with Crippen molar-refractivity contribution in [1.29, 1.82) is 0 Å². The summed E-state index contributed by atoms with van der Waals surface area (Å²) < 4.78 is 5.31. The van der Waals surface area contributed by atoms with Gasteiger partial charge in [-0.15, -0.1) is 0 Å². The molecule has 1 unspecified atom stereocenters. The van der Waals surface area contributed by atoms with Crippen LogP contribution in [0.25, 0.3) is 0 Å². The number of carbonyl (C=O) groups is 1. The van der Waals surface area contributed by atoms with Crippen LogP contribution in [0.15, 0.2) is 29.3 Å². The number of carbonyl (C=O) groups excluding carboxylic acids is 1. The third kappa shape index (κ3) is 7.57. The second-order valence-corrected chi connectivity index (χ2v) is 7.71. The lowest BCUT2D eigenvalue weighted by atomic mass is 10.0. The van der Waals surface area contributed by atoms with Crippen molar-refractivity contribution >= 4 is 11.9 Å². The molecule has 1 atom stereocenters. The Morgan fingerprint density at radius 2 is 1.72 bits per heavy atom. The fourth-order valence-corrected chi connectivity index (χ4v) is 3.50. The van der Waals surface area contributed by atoms with Gasteiger partial charge in [-0.1, -0.05) is 32.4 Å². The number of aliphatic imine (C=N–C) groups is 1. The zero-order valence-corrected chi connectivity index (χ0v) is 18.3. The topological polar surface area (TPSA) is 78.0 Å². The Kier molecular flexibility index (Phi) is 9.77. The molecule has 1 aromatic rings. The smallest absolute Gasteiger partial charge is 0.222 e. The third-order valence-electron chi connectivity index (χ3n) is 5.26. The van der Waals surface area contributed by atoms with Crippen LogP contribution >= 0.6 is 0 Å². The van der Waals surface area contributed by atoms with Crippen molar-refractivity contribution in [2.75, 3.05) is 46.9 Å². The molecule has 1 saturated heterocycles. The molecular weight excluding hydrogens is 366 g/mol. The minimum atomic E-state index is 0.00207. The molecule has 0 bridgehead atoms. The first-order valence-corrected chi connectivity index (χ1v) is 10.7. The average molecular weight is 404 g/mol. The highest BCUT2D eigenvalue weighted by atomic mass is 16.5. The van der Waals surface area contributed by atoms with Crippen LogP contribution in [0, 0.1) is 5.92 Å². The van der Waals surface area contributed by atoms with E-state index in [1.165, 1.54) is 24.8 Å². The summed E-state index contributed by atoms with van der Waals surface area (Å²) in [5.41, 5.74) is 1.28. The molecule has 2 rings (SSSR count). The summed E-state index contributed by atoms with van der Waals surface area (Å²) in [5.74, 6) is 1.70. The number of hydrogen-bond donors (Lipinski definition) is 3. The maximum Gasteiger partial charge on any atom is 0.222 e. The van der Waals surface area contributed by atoms with Crippen molar-refractivity contribution in [1.82, 2.24) is 20.9 Å². The van der Waals surface area contributed by atoms with Gasteiger partial charge in [0.05, 0.1) is 13.2 Å². The Morgan fingerprint density at radius 3 is 2.31 bits per heavy atom. The van der Waals surface area contributed by atoms with E-state index in [1.807, 2.05) is 26.0 Å². The minimum absolute atomic E-state index is 0.00207. The highest BCUT2D eigenvalue weighted by molar-refractivity contribution is 5.80. The number of piperidine rings is 1. The van der Waals surface area contributed by atoms with Gasteiger partial charge in [0.15, 0.2) is 5.96 Å². The zero-order chi connectivity index (χ0) is 21.1. The number of nitrogens with one attached hydrogen (secondary N) is 3. The SMILES string of the molecule is CN=C(NCCNC(=O)C(C)C)NCC(c1ccc(OC)cc1)N1CCCCC1. The summed E-state index contributed by atoms with van der Waals surface area (Å²) in [4.78, 5) is 18.5. The van der Waals surface area contributed by atoms with E-state index in [-0.39, 0.29) is 17.9 Å². The van der Waals surface area contributed by atoms with Gasteiger partial charge >= 0.3 is 0 Å². The first kappa shape index (κ1) is 23.0. The van der Waals surface area contributed by atoms with Gasteiger partial charge in [0.1, 0.15) is 5.75 Å². The predicted octanol–water partition coefficient (Wildman–Crippen LogP) is 2.16. The van der Waals surface area contributed by atoms with Crippen LogP contribution in [-0.4, -0.2) is 63.6 Å². The minimum Gasteiger partial charge on any atom is -0.497 e. The molecule has 1 aliphatic heterocycles. The molecule has 0 spiro atoms. The molecule has 3 N–H and O–H groups in total. The first-order valence-electron chi connectivity index (χ1n) is 10.7. The van der Waals surface area contributed by atoms with Crippen LogP contribution in [0.3, 0.4) is 0 Å². The van der Waals surface area contributed by atoms with Crippen LogP contribution in [0.2, 0.25) is 0 Å². The standard InChI is InChI=1S/C22H37N5O2/c1-17(2)21(28)24-12-13-25-22(23-3)26-16-20(27-14-6-5-7-15-27)18-8-10-19(29-4)11-9-18/h8-11,17,20H,5-7,12-16H2,1-4H3,(H,24,28)(H2,23,25,26). The van der Waals surface area contributed by atoms with Crippen molar-refractivity contribution < 1.29 is 9.53 Å². The van der Waals surface area contributed by atoms with Gasteiger partial charge in [-0.05, 0) is 43.6 Å². The molecule has 1 aromatic carbocycles. The van der Waals surface area contributed by atoms with E-state index in [4.69, 9.17) is 4.74 Å². The lowest BCUT2D eigenvalue weighted by Gasteiger charge is -2.35. The Bertz CT molecular complexity index is 639. The van der Waals surface area contributed by atoms with Gasteiger partial charge in [-0.3, -0.25) is 14.7 Å². The fraction of sp³-hybridized carbons (Fsp3) is 0.636. The lowest BCUT2D eigenvalue weighted by Crippen LogP contribution is -2.46. The molecule has 0 aliphatic carbocycles. The van der Waals surface area contributed by atoms with Gasteiger partial charge in [-0.2, -0.15) is 0 Å². The van der Waals surface area contributed by atoms with Crippen molar-refractivity contribution in [2.45, 2.75) is 39.2 Å². The number of methoxy groups -OCH3 is 1. The van der Waals surface area contributed by atoms with E-state index >= 15 is 0 Å². The van der Waals surface area contributed by atoms with Gasteiger partial charge in [0, 0.05) is 32.6 Å². The highest BCUT2D eigenvalue weighted by Crippen LogP contribution is 2.25. The number of rotatable bonds is 9. The number of nitrogens with zero attached hydrogens (tertiary/aromatic N) is 2. The maximum atomic E-state index is 11.7. The van der Waals surface area contributed by atoms with E-state index in [2.05, 4.69) is 38.0 Å². The number of hydrogen-bond acceptors (Lipinski definition) is 4. The number of guanidine groups is 1. The monoisotopic (exact) mass is 403 g/mol. The van der Waals surface area contributed by atoms with Gasteiger partial charge in [0.2, 0.25) is 5.91 Å². The molecule has 1 amide bonds. The molecule has 162 valence electrons. The summed E-state index contributed by atoms with van der Waals surface area (Å²) in [7, 11) is 3.46.